The summed E-state index contributed by atoms with van der Waals surface area (Å²) in [6.45, 7) is 5.95. The number of aryl methyl sites for hydroxylation is 2. The van der Waals surface area contributed by atoms with Gasteiger partial charge in [0.25, 0.3) is 0 Å². The number of nitrogens with zero attached hydrogens (tertiary/aromatic N) is 5. The van der Waals surface area contributed by atoms with Crippen molar-refractivity contribution in [2.45, 2.75) is 33.1 Å². The second-order valence-corrected chi connectivity index (χ2v) is 12.1. The monoisotopic (exact) mass is 685 g/mol. The molecule has 1 aliphatic heterocycles. The van der Waals surface area contributed by atoms with E-state index < -0.39 is 24.1 Å². The first-order valence-corrected chi connectivity index (χ1v) is 15.3. The van der Waals surface area contributed by atoms with Crippen LogP contribution in [0.2, 0.25) is 5.02 Å². The van der Waals surface area contributed by atoms with Gasteiger partial charge in [-0.05, 0) is 66.4 Å². The van der Waals surface area contributed by atoms with E-state index in [1.807, 2.05) is 39.0 Å². The predicted octanol–water partition coefficient (Wildman–Crippen LogP) is 6.90. The lowest BCUT2D eigenvalue weighted by atomic mass is 9.99. The van der Waals surface area contributed by atoms with Crippen molar-refractivity contribution in [3.8, 4) is 28.5 Å². The number of amides is 4. The highest BCUT2D eigenvalue weighted by Gasteiger charge is 2.33. The first kappa shape index (κ1) is 33.5. The van der Waals surface area contributed by atoms with Crippen molar-refractivity contribution in [2.24, 2.45) is 17.8 Å². The summed E-state index contributed by atoms with van der Waals surface area (Å²) in [5, 5.41) is 7.28. The fourth-order valence-electron chi connectivity index (χ4n) is 4.86. The molecule has 3 N–H and O–H groups in total. The predicted molar refractivity (Wildman–Crippen MR) is 174 cm³/mol. The van der Waals surface area contributed by atoms with E-state index in [1.165, 1.54) is 28.8 Å². The lowest BCUT2D eigenvalue weighted by Crippen LogP contribution is -2.31. The maximum absolute atomic E-state index is 13.0. The van der Waals surface area contributed by atoms with Gasteiger partial charge in [0.15, 0.2) is 16.8 Å². The first-order valence-electron chi connectivity index (χ1n) is 14.0. The molecule has 5 rings (SSSR count). The number of nitrogens with one attached hydrogen (secondary N) is 1. The van der Waals surface area contributed by atoms with Crippen molar-refractivity contribution >= 4 is 57.8 Å². The van der Waals surface area contributed by atoms with E-state index in [0.29, 0.717) is 11.3 Å². The third-order valence-electron chi connectivity index (χ3n) is 6.97. The summed E-state index contributed by atoms with van der Waals surface area (Å²) in [6, 6.07) is 12.7. The second-order valence-electron chi connectivity index (χ2n) is 10.8. The van der Waals surface area contributed by atoms with Crippen LogP contribution in [0.1, 0.15) is 41.3 Å². The molecule has 1 aliphatic rings. The van der Waals surface area contributed by atoms with Gasteiger partial charge in [-0.25, -0.2) is 14.5 Å². The van der Waals surface area contributed by atoms with Crippen LogP contribution in [-0.4, -0.2) is 49.9 Å². The number of nitrogens with two attached hydrogens (primary N) is 1. The minimum absolute atomic E-state index is 0.0296. The Labute approximate surface area is 276 Å². The molecule has 0 aliphatic carbocycles. The van der Waals surface area contributed by atoms with Crippen LogP contribution in [0, 0.1) is 6.92 Å². The molecule has 4 amide bonds. The van der Waals surface area contributed by atoms with Crippen LogP contribution in [0.4, 0.5) is 29.3 Å². The van der Waals surface area contributed by atoms with E-state index in [0.717, 1.165) is 41.1 Å². The molecule has 3 aromatic carbocycles. The normalized spacial score (nSPS) is 14.3. The standard InChI is InChI=1S/C31H27ClF3N7O4S/c1-15(2)19-8-5-16(3)11-24(19)42-25(43)14-47-30(42)39-29(45)37-23-10-6-17(12-22(23)32)27-38-28(41(4)40-27)21-13-18(46-31(33,34)35)7-9-20(21)26(36)44/h5-13,15H,14H2,1-4H3,(H2,36,44)(H,37,45). The van der Waals surface area contributed by atoms with Crippen LogP contribution in [-0.2, 0) is 11.8 Å². The Kier molecular flexibility index (Phi) is 9.32. The van der Waals surface area contributed by atoms with Gasteiger partial charge in [0.2, 0.25) is 11.8 Å². The van der Waals surface area contributed by atoms with Gasteiger partial charge in [-0.15, -0.1) is 13.2 Å². The van der Waals surface area contributed by atoms with Gasteiger partial charge in [0.1, 0.15) is 5.75 Å². The number of anilines is 2. The van der Waals surface area contributed by atoms with E-state index in [4.69, 9.17) is 17.3 Å². The number of amidine groups is 1. The van der Waals surface area contributed by atoms with Gasteiger partial charge < -0.3 is 15.8 Å². The number of carbonyl (C=O) groups is 3. The summed E-state index contributed by atoms with van der Waals surface area (Å²) in [5.74, 6) is -1.24. The number of urea groups is 1. The van der Waals surface area contributed by atoms with E-state index >= 15 is 0 Å². The van der Waals surface area contributed by atoms with Crippen molar-refractivity contribution in [3.05, 3.63) is 76.3 Å². The topological polar surface area (TPSA) is 145 Å². The SMILES string of the molecule is Cc1ccc(C(C)C)c(N2C(=O)CSC2=NC(=O)Nc2ccc(-c3nc(-c4cc(OC(F)(F)F)ccc4C(N)=O)n(C)n3)cc2Cl)c1. The number of rotatable bonds is 7. The molecule has 0 unspecified atom stereocenters. The smallest absolute Gasteiger partial charge is 0.406 e. The molecular formula is C31H27ClF3N7O4S. The zero-order valence-electron chi connectivity index (χ0n) is 25.3. The molecule has 47 heavy (non-hydrogen) atoms. The van der Waals surface area contributed by atoms with Crippen molar-refractivity contribution in [1.29, 1.82) is 0 Å². The summed E-state index contributed by atoms with van der Waals surface area (Å²) in [4.78, 5) is 47.9. The molecule has 0 radical (unpaired) electrons. The lowest BCUT2D eigenvalue weighted by molar-refractivity contribution is -0.274. The number of ether oxygens (including phenoxy) is 1. The van der Waals surface area contributed by atoms with Crippen LogP contribution in [0.15, 0.2) is 59.6 Å². The summed E-state index contributed by atoms with van der Waals surface area (Å²) >= 11 is 7.65. The lowest BCUT2D eigenvalue weighted by Gasteiger charge is -2.22. The molecule has 1 aromatic heterocycles. The van der Waals surface area contributed by atoms with Gasteiger partial charge in [-0.3, -0.25) is 14.5 Å². The van der Waals surface area contributed by atoms with Crippen LogP contribution in [0.3, 0.4) is 0 Å². The molecule has 1 saturated heterocycles. The van der Waals surface area contributed by atoms with Gasteiger partial charge in [0, 0.05) is 18.2 Å². The summed E-state index contributed by atoms with van der Waals surface area (Å²) < 4.78 is 43.8. The largest absolute Gasteiger partial charge is 0.573 e. The number of benzene rings is 3. The highest BCUT2D eigenvalue weighted by molar-refractivity contribution is 8.15. The molecule has 11 nitrogen and oxygen atoms in total. The molecule has 0 bridgehead atoms. The highest BCUT2D eigenvalue weighted by Crippen LogP contribution is 2.35. The van der Waals surface area contributed by atoms with Crippen LogP contribution >= 0.6 is 23.4 Å². The maximum Gasteiger partial charge on any atom is 0.573 e. The van der Waals surface area contributed by atoms with Crippen molar-refractivity contribution < 1.29 is 32.3 Å². The molecule has 2 heterocycles. The third kappa shape index (κ3) is 7.41. The van der Waals surface area contributed by atoms with Gasteiger partial charge >= 0.3 is 12.4 Å². The van der Waals surface area contributed by atoms with Gasteiger partial charge in [0.05, 0.1) is 27.7 Å². The fraction of sp³-hybridized carbons (Fsp3) is 0.226. The number of aromatic nitrogens is 3. The average Bonchev–Trinajstić information content (AvgIpc) is 3.54. The molecule has 16 heteroatoms. The molecule has 244 valence electrons. The minimum Gasteiger partial charge on any atom is -0.406 e. The van der Waals surface area contributed by atoms with Crippen LogP contribution < -0.4 is 20.7 Å². The molecular weight excluding hydrogens is 659 g/mol. The van der Waals surface area contributed by atoms with E-state index in [9.17, 15) is 27.6 Å². The number of aliphatic imine (C=N–C) groups is 1. The number of carbonyl (C=O) groups excluding carboxylic acids is 3. The van der Waals surface area contributed by atoms with E-state index in [1.54, 1.807) is 6.07 Å². The second kappa shape index (κ2) is 13.1. The van der Waals surface area contributed by atoms with Gasteiger partial charge in [-0.1, -0.05) is 49.3 Å². The number of hydrogen-bond acceptors (Lipinski definition) is 7. The molecule has 0 atom stereocenters. The molecule has 0 spiro atoms. The summed E-state index contributed by atoms with van der Waals surface area (Å²) in [6.07, 6.45) is -4.96. The molecule has 4 aromatic rings. The Morgan fingerprint density at radius 3 is 2.53 bits per heavy atom. The van der Waals surface area contributed by atoms with Crippen molar-refractivity contribution in [2.75, 3.05) is 16.0 Å². The maximum atomic E-state index is 13.0. The van der Waals surface area contributed by atoms with Crippen molar-refractivity contribution in [3.63, 3.8) is 0 Å². The average molecular weight is 686 g/mol. The molecule has 0 saturated carbocycles. The Bertz CT molecular complexity index is 1940. The zero-order chi connectivity index (χ0) is 34.2. The Morgan fingerprint density at radius 1 is 1.13 bits per heavy atom. The summed E-state index contributed by atoms with van der Waals surface area (Å²) in [5.41, 5.74) is 8.51. The third-order valence-corrected chi connectivity index (χ3v) is 8.21. The van der Waals surface area contributed by atoms with Crippen LogP contribution in [0.25, 0.3) is 22.8 Å². The number of primary amides is 1. The minimum atomic E-state index is -4.96. The highest BCUT2D eigenvalue weighted by atomic mass is 35.5. The number of alkyl halides is 3. The van der Waals surface area contributed by atoms with E-state index in [2.05, 4.69) is 25.1 Å². The van der Waals surface area contributed by atoms with E-state index in [-0.39, 0.29) is 56.2 Å². The number of thioether (sulfide) groups is 1. The Hall–Kier alpha value is -4.89. The van der Waals surface area contributed by atoms with Crippen LogP contribution in [0.5, 0.6) is 5.75 Å². The van der Waals surface area contributed by atoms with Gasteiger partial charge in [-0.2, -0.15) is 10.1 Å². The number of hydrogen-bond donors (Lipinski definition) is 2. The number of halogens is 4. The summed E-state index contributed by atoms with van der Waals surface area (Å²) in [7, 11) is 1.49. The van der Waals surface area contributed by atoms with Crippen molar-refractivity contribution in [1.82, 2.24) is 14.8 Å². The first-order chi connectivity index (χ1) is 22.1. The zero-order valence-corrected chi connectivity index (χ0v) is 26.9. The molecule has 1 fully saturated rings. The Balaban J connectivity index is 1.40. The Morgan fingerprint density at radius 2 is 1.87 bits per heavy atom. The fourth-order valence-corrected chi connectivity index (χ4v) is 5.95. The quantitative estimate of drug-likeness (QED) is 0.215.